The van der Waals surface area contributed by atoms with Crippen molar-refractivity contribution in [3.05, 3.63) is 77.4 Å². The van der Waals surface area contributed by atoms with Gasteiger partial charge in [-0.15, -0.1) is 0 Å². The van der Waals surface area contributed by atoms with Gasteiger partial charge in [0.15, 0.2) is 5.57 Å². The van der Waals surface area contributed by atoms with Crippen molar-refractivity contribution in [2.75, 3.05) is 13.2 Å². The zero-order chi connectivity index (χ0) is 19.6. The average molecular weight is 380 g/mol. The van der Waals surface area contributed by atoms with Crippen LogP contribution in [0.5, 0.6) is 0 Å². The molecule has 0 saturated carbocycles. The molecule has 1 aromatic carbocycles. The van der Waals surface area contributed by atoms with E-state index in [-0.39, 0.29) is 18.1 Å². The van der Waals surface area contributed by atoms with Gasteiger partial charge < -0.3 is 9.64 Å². The second-order valence-corrected chi connectivity index (χ2v) is 6.59. The van der Waals surface area contributed by atoms with Gasteiger partial charge in [-0.25, -0.2) is 4.79 Å². The summed E-state index contributed by atoms with van der Waals surface area (Å²) in [6, 6.07) is 11.7. The molecule has 5 nitrogen and oxygen atoms in total. The van der Waals surface area contributed by atoms with Crippen molar-refractivity contribution >= 4 is 29.7 Å². The number of thioether (sulfide) groups is 1. The Bertz CT molecular complexity index is 835. The summed E-state index contributed by atoms with van der Waals surface area (Å²) in [6.45, 7) is 5.64. The molecule has 0 radical (unpaired) electrons. The molecule has 1 fully saturated rings. The van der Waals surface area contributed by atoms with E-state index in [0.29, 0.717) is 11.6 Å². The second kappa shape index (κ2) is 10.2. The van der Waals surface area contributed by atoms with E-state index in [2.05, 4.69) is 6.58 Å². The lowest BCUT2D eigenvalue weighted by atomic mass is 10.2. The van der Waals surface area contributed by atoms with E-state index >= 15 is 0 Å². The van der Waals surface area contributed by atoms with Crippen LogP contribution in [0.1, 0.15) is 12.5 Å². The van der Waals surface area contributed by atoms with Crippen LogP contribution in [0.4, 0.5) is 0 Å². The molecule has 0 aliphatic carbocycles. The number of amides is 1. The number of hydrogen-bond acceptors (Lipinski definition) is 5. The minimum atomic E-state index is -0.750. The van der Waals surface area contributed by atoms with Gasteiger partial charge in [0.05, 0.1) is 0 Å². The lowest BCUT2D eigenvalue weighted by Crippen LogP contribution is -2.28. The first-order valence-electron chi connectivity index (χ1n) is 8.42. The molecular weight excluding hydrogens is 360 g/mol. The highest BCUT2D eigenvalue weighted by molar-refractivity contribution is 8.05. The molecule has 1 aliphatic rings. The molecule has 1 saturated heterocycles. The van der Waals surface area contributed by atoms with Gasteiger partial charge in [0.1, 0.15) is 23.0 Å². The molecule has 1 aliphatic heterocycles. The zero-order valence-corrected chi connectivity index (χ0v) is 15.8. The molecule has 6 heteroatoms. The SMILES string of the molecule is C=CCOC(=O)/C(C#N)=C1\SC(/C=C\C=C\c2ccccc2)C(=O)N1CC. The summed E-state index contributed by atoms with van der Waals surface area (Å²) in [5.74, 6) is -0.911. The first-order valence-corrected chi connectivity index (χ1v) is 9.30. The Morgan fingerprint density at radius 2 is 2.11 bits per heavy atom. The number of carbonyl (C=O) groups is 2. The van der Waals surface area contributed by atoms with Gasteiger partial charge in [0, 0.05) is 6.54 Å². The van der Waals surface area contributed by atoms with Gasteiger partial charge in [-0.2, -0.15) is 5.26 Å². The highest BCUT2D eigenvalue weighted by atomic mass is 32.2. The van der Waals surface area contributed by atoms with Crippen molar-refractivity contribution in [3.8, 4) is 6.07 Å². The normalized spacial score (nSPS) is 18.7. The Morgan fingerprint density at radius 3 is 2.74 bits per heavy atom. The molecule has 0 spiro atoms. The van der Waals surface area contributed by atoms with Crippen molar-refractivity contribution in [1.29, 1.82) is 5.26 Å². The van der Waals surface area contributed by atoms with E-state index < -0.39 is 11.2 Å². The summed E-state index contributed by atoms with van der Waals surface area (Å²) in [7, 11) is 0. The number of esters is 1. The quantitative estimate of drug-likeness (QED) is 0.237. The smallest absolute Gasteiger partial charge is 0.351 e. The summed E-state index contributed by atoms with van der Waals surface area (Å²) in [4.78, 5) is 26.1. The fourth-order valence-electron chi connectivity index (χ4n) is 2.39. The Hall–Kier alpha value is -3.04. The molecule has 1 unspecified atom stereocenters. The van der Waals surface area contributed by atoms with E-state index in [1.54, 1.807) is 19.1 Å². The summed E-state index contributed by atoms with van der Waals surface area (Å²) in [5.41, 5.74) is 0.896. The third-order valence-corrected chi connectivity index (χ3v) is 4.92. The Morgan fingerprint density at radius 1 is 1.37 bits per heavy atom. The van der Waals surface area contributed by atoms with E-state index in [4.69, 9.17) is 4.74 Å². The van der Waals surface area contributed by atoms with E-state index in [9.17, 15) is 14.9 Å². The summed E-state index contributed by atoms with van der Waals surface area (Å²) < 4.78 is 4.95. The minimum Gasteiger partial charge on any atom is -0.457 e. The highest BCUT2D eigenvalue weighted by Crippen LogP contribution is 2.38. The molecule has 1 aromatic rings. The second-order valence-electron chi connectivity index (χ2n) is 5.45. The average Bonchev–Trinajstić information content (AvgIpc) is 3.00. The largest absolute Gasteiger partial charge is 0.457 e. The van der Waals surface area contributed by atoms with Gasteiger partial charge >= 0.3 is 5.97 Å². The topological polar surface area (TPSA) is 70.4 Å². The van der Waals surface area contributed by atoms with Crippen LogP contribution >= 0.6 is 11.8 Å². The zero-order valence-electron chi connectivity index (χ0n) is 15.0. The maximum Gasteiger partial charge on any atom is 0.351 e. The fourth-order valence-corrected chi connectivity index (χ4v) is 3.62. The van der Waals surface area contributed by atoms with Gasteiger partial charge in [0.2, 0.25) is 5.91 Å². The van der Waals surface area contributed by atoms with Crippen LogP contribution in [0.25, 0.3) is 6.08 Å². The Labute approximate surface area is 163 Å². The lowest BCUT2D eigenvalue weighted by Gasteiger charge is -2.15. The first kappa shape index (κ1) is 20.3. The third kappa shape index (κ3) is 5.22. The molecule has 1 amide bonds. The number of ether oxygens (including phenoxy) is 1. The van der Waals surface area contributed by atoms with Gasteiger partial charge in [-0.1, -0.05) is 79.1 Å². The van der Waals surface area contributed by atoms with Crippen molar-refractivity contribution in [2.24, 2.45) is 0 Å². The highest BCUT2D eigenvalue weighted by Gasteiger charge is 2.37. The van der Waals surface area contributed by atoms with E-state index in [1.165, 1.54) is 22.7 Å². The van der Waals surface area contributed by atoms with Gasteiger partial charge in [-0.3, -0.25) is 4.79 Å². The Balaban J connectivity index is 2.17. The molecule has 1 heterocycles. The van der Waals surface area contributed by atoms with Crippen molar-refractivity contribution < 1.29 is 14.3 Å². The first-order chi connectivity index (χ1) is 13.1. The van der Waals surface area contributed by atoms with Crippen LogP contribution in [-0.4, -0.2) is 35.2 Å². The molecule has 1 atom stereocenters. The fraction of sp³-hybridized carbons (Fsp3) is 0.190. The summed E-state index contributed by atoms with van der Waals surface area (Å²) in [5, 5.41) is 9.21. The van der Waals surface area contributed by atoms with Crippen LogP contribution in [0.15, 0.2) is 71.8 Å². The number of rotatable bonds is 7. The molecule has 0 bridgehead atoms. The number of nitriles is 1. The van der Waals surface area contributed by atoms with Crippen LogP contribution in [0.2, 0.25) is 0 Å². The maximum absolute atomic E-state index is 12.6. The maximum atomic E-state index is 12.6. The number of benzene rings is 1. The molecular formula is C21H20N2O3S. The van der Waals surface area contributed by atoms with Crippen molar-refractivity contribution in [2.45, 2.75) is 12.2 Å². The van der Waals surface area contributed by atoms with E-state index in [1.807, 2.05) is 48.6 Å². The number of nitrogens with zero attached hydrogens (tertiary/aromatic N) is 2. The van der Waals surface area contributed by atoms with E-state index in [0.717, 1.165) is 5.56 Å². The molecule has 27 heavy (non-hydrogen) atoms. The minimum absolute atomic E-state index is 0.00957. The lowest BCUT2D eigenvalue weighted by molar-refractivity contribution is -0.137. The summed E-state index contributed by atoms with van der Waals surface area (Å²) >= 11 is 1.18. The van der Waals surface area contributed by atoms with Crippen molar-refractivity contribution in [1.82, 2.24) is 4.90 Å². The predicted molar refractivity (Wildman–Crippen MR) is 107 cm³/mol. The van der Waals surface area contributed by atoms with Crippen LogP contribution in [0.3, 0.4) is 0 Å². The predicted octanol–water partition coefficient (Wildman–Crippen LogP) is 3.68. The standard InChI is InChI=1S/C21H20N2O3S/c1-3-14-26-21(25)17(15-22)20-23(4-2)19(24)18(27-20)13-9-8-12-16-10-6-5-7-11-16/h3,5-13,18H,1,4,14H2,2H3/b12-8+,13-9-,20-17-. The number of carbonyl (C=O) groups excluding carboxylic acids is 2. The van der Waals surface area contributed by atoms with Crippen molar-refractivity contribution in [3.63, 3.8) is 0 Å². The van der Waals surface area contributed by atoms with Gasteiger partial charge in [-0.05, 0) is 12.5 Å². The molecule has 2 rings (SSSR count). The molecule has 0 N–H and O–H groups in total. The van der Waals surface area contributed by atoms with Crippen LogP contribution in [-0.2, 0) is 14.3 Å². The van der Waals surface area contributed by atoms with Crippen LogP contribution in [0, 0.1) is 11.3 Å². The summed E-state index contributed by atoms with van der Waals surface area (Å²) in [6.07, 6.45) is 8.76. The number of allylic oxidation sites excluding steroid dienone is 2. The third-order valence-electron chi connectivity index (χ3n) is 3.66. The van der Waals surface area contributed by atoms with Crippen LogP contribution < -0.4 is 0 Å². The molecule has 138 valence electrons. The number of hydrogen-bond donors (Lipinski definition) is 0. The molecule has 0 aromatic heterocycles. The monoisotopic (exact) mass is 380 g/mol. The Kier molecular flexibility index (Phi) is 7.65. The van der Waals surface area contributed by atoms with Gasteiger partial charge in [0.25, 0.3) is 0 Å².